The second-order valence-electron chi connectivity index (χ2n) is 5.54. The molecule has 144 valence electrons. The molecule has 0 saturated carbocycles. The lowest BCUT2D eigenvalue weighted by molar-refractivity contribution is 0.0600. The van der Waals surface area contributed by atoms with E-state index in [9.17, 15) is 13.2 Å². The molecular formula is C18H18O6S3. The van der Waals surface area contributed by atoms with Crippen molar-refractivity contribution in [3.8, 4) is 11.5 Å². The fourth-order valence-electron chi connectivity index (χ4n) is 2.49. The van der Waals surface area contributed by atoms with Gasteiger partial charge in [-0.3, -0.25) is 0 Å². The average molecular weight is 427 g/mol. The maximum atomic E-state index is 12.6. The molecule has 1 saturated heterocycles. The summed E-state index contributed by atoms with van der Waals surface area (Å²) in [6.07, 6.45) is 0. The Morgan fingerprint density at radius 2 is 1.67 bits per heavy atom. The SMILES string of the molecule is COC(=O)c1ccc(S(=O)(=O)Oc2ccc(C3SCCS3)cc2OC)cc1. The Balaban J connectivity index is 1.83. The Labute approximate surface area is 166 Å². The Hall–Kier alpha value is -1.84. The Kier molecular flexibility index (Phi) is 6.23. The van der Waals surface area contributed by atoms with Crippen LogP contribution < -0.4 is 8.92 Å². The van der Waals surface area contributed by atoms with Gasteiger partial charge in [0.2, 0.25) is 0 Å². The van der Waals surface area contributed by atoms with Crippen molar-refractivity contribution in [3.63, 3.8) is 0 Å². The summed E-state index contributed by atoms with van der Waals surface area (Å²) in [5, 5.41) is 0. The fraction of sp³-hybridized carbons (Fsp3) is 0.278. The molecule has 1 aliphatic rings. The lowest BCUT2D eigenvalue weighted by atomic mass is 10.2. The highest BCUT2D eigenvalue weighted by atomic mass is 32.2. The zero-order chi connectivity index (χ0) is 19.4. The van der Waals surface area contributed by atoms with Gasteiger partial charge in [-0.05, 0) is 42.0 Å². The minimum atomic E-state index is -4.07. The van der Waals surface area contributed by atoms with Gasteiger partial charge in [-0.25, -0.2) is 4.79 Å². The van der Waals surface area contributed by atoms with Crippen LogP contribution in [-0.4, -0.2) is 40.1 Å². The van der Waals surface area contributed by atoms with Crippen LogP contribution >= 0.6 is 23.5 Å². The van der Waals surface area contributed by atoms with Crippen LogP contribution in [0.5, 0.6) is 11.5 Å². The van der Waals surface area contributed by atoms with E-state index in [1.807, 2.05) is 29.6 Å². The van der Waals surface area contributed by atoms with Crippen molar-refractivity contribution >= 4 is 39.6 Å². The number of carbonyl (C=O) groups is 1. The molecule has 0 aliphatic carbocycles. The first-order chi connectivity index (χ1) is 12.9. The quantitative estimate of drug-likeness (QED) is 0.511. The van der Waals surface area contributed by atoms with Gasteiger partial charge in [0.05, 0.1) is 24.4 Å². The van der Waals surface area contributed by atoms with Crippen LogP contribution in [0.2, 0.25) is 0 Å². The molecule has 0 atom stereocenters. The van der Waals surface area contributed by atoms with Crippen molar-refractivity contribution in [1.29, 1.82) is 0 Å². The van der Waals surface area contributed by atoms with Crippen LogP contribution in [0.25, 0.3) is 0 Å². The van der Waals surface area contributed by atoms with E-state index in [4.69, 9.17) is 8.92 Å². The van der Waals surface area contributed by atoms with Crippen LogP contribution in [0.15, 0.2) is 47.4 Å². The van der Waals surface area contributed by atoms with Crippen molar-refractivity contribution in [1.82, 2.24) is 0 Å². The van der Waals surface area contributed by atoms with Gasteiger partial charge in [-0.15, -0.1) is 23.5 Å². The molecule has 0 N–H and O–H groups in total. The van der Waals surface area contributed by atoms with Gasteiger partial charge in [0, 0.05) is 11.5 Å². The smallest absolute Gasteiger partial charge is 0.339 e. The summed E-state index contributed by atoms with van der Waals surface area (Å²) in [4.78, 5) is 11.4. The minimum absolute atomic E-state index is 0.0665. The molecule has 2 aromatic rings. The molecule has 1 fully saturated rings. The molecule has 1 heterocycles. The Bertz CT molecular complexity index is 919. The molecule has 0 amide bonds. The number of thioether (sulfide) groups is 2. The van der Waals surface area contributed by atoms with Crippen molar-refractivity contribution in [3.05, 3.63) is 53.6 Å². The third kappa shape index (κ3) is 4.53. The van der Waals surface area contributed by atoms with E-state index < -0.39 is 16.1 Å². The monoisotopic (exact) mass is 426 g/mol. The number of carbonyl (C=O) groups excluding carboxylic acids is 1. The summed E-state index contributed by atoms with van der Waals surface area (Å²) in [7, 11) is -1.34. The highest BCUT2D eigenvalue weighted by molar-refractivity contribution is 8.19. The zero-order valence-corrected chi connectivity index (χ0v) is 17.2. The third-order valence-electron chi connectivity index (χ3n) is 3.85. The molecule has 0 aromatic heterocycles. The number of benzene rings is 2. The lowest BCUT2D eigenvalue weighted by Gasteiger charge is -2.14. The van der Waals surface area contributed by atoms with Gasteiger partial charge in [0.1, 0.15) is 4.90 Å². The van der Waals surface area contributed by atoms with Gasteiger partial charge in [0.15, 0.2) is 11.5 Å². The summed E-state index contributed by atoms with van der Waals surface area (Å²) >= 11 is 3.69. The second-order valence-corrected chi connectivity index (χ2v) is 9.81. The van der Waals surface area contributed by atoms with E-state index >= 15 is 0 Å². The number of rotatable bonds is 6. The van der Waals surface area contributed by atoms with Crippen LogP contribution in [0.3, 0.4) is 0 Å². The predicted molar refractivity (Wildman–Crippen MR) is 106 cm³/mol. The average Bonchev–Trinajstić information content (AvgIpc) is 3.22. The molecule has 3 rings (SSSR count). The van der Waals surface area contributed by atoms with Gasteiger partial charge in [-0.2, -0.15) is 8.42 Å². The van der Waals surface area contributed by atoms with E-state index in [1.54, 1.807) is 12.1 Å². The maximum absolute atomic E-state index is 12.6. The normalized spacial score (nSPS) is 14.7. The van der Waals surface area contributed by atoms with Crippen LogP contribution in [0.1, 0.15) is 20.5 Å². The summed E-state index contributed by atoms with van der Waals surface area (Å²) in [6, 6.07) is 10.6. The van der Waals surface area contributed by atoms with Crippen molar-refractivity contribution in [2.45, 2.75) is 9.48 Å². The van der Waals surface area contributed by atoms with Gasteiger partial charge in [0.25, 0.3) is 0 Å². The number of hydrogen-bond donors (Lipinski definition) is 0. The van der Waals surface area contributed by atoms with Crippen LogP contribution in [0.4, 0.5) is 0 Å². The molecule has 27 heavy (non-hydrogen) atoms. The van der Waals surface area contributed by atoms with E-state index in [1.165, 1.54) is 38.5 Å². The van der Waals surface area contributed by atoms with Crippen LogP contribution in [0, 0.1) is 0 Å². The molecule has 2 aromatic carbocycles. The van der Waals surface area contributed by atoms with Gasteiger partial charge in [-0.1, -0.05) is 6.07 Å². The Morgan fingerprint density at radius 1 is 1.00 bits per heavy atom. The summed E-state index contributed by atoms with van der Waals surface area (Å²) in [6.45, 7) is 0. The lowest BCUT2D eigenvalue weighted by Crippen LogP contribution is -2.11. The zero-order valence-electron chi connectivity index (χ0n) is 14.7. The standard InChI is InChI=1S/C18H18O6S3/c1-22-16-11-13(18-25-9-10-26-18)5-8-15(16)24-27(20,21)14-6-3-12(4-7-14)17(19)23-2/h3-8,11,18H,9-10H2,1-2H3. The molecule has 1 aliphatic heterocycles. The summed E-state index contributed by atoms with van der Waals surface area (Å²) < 4.78 is 40.6. The number of hydrogen-bond acceptors (Lipinski definition) is 8. The van der Waals surface area contributed by atoms with Gasteiger partial charge >= 0.3 is 16.1 Å². The highest BCUT2D eigenvalue weighted by Gasteiger charge is 2.23. The van der Waals surface area contributed by atoms with E-state index in [2.05, 4.69) is 4.74 Å². The molecule has 6 nitrogen and oxygen atoms in total. The molecule has 0 unspecified atom stereocenters. The van der Waals surface area contributed by atoms with E-state index in [0.717, 1.165) is 17.1 Å². The minimum Gasteiger partial charge on any atom is -0.493 e. The number of esters is 1. The van der Waals surface area contributed by atoms with E-state index in [-0.39, 0.29) is 16.2 Å². The predicted octanol–water partition coefficient (Wildman–Crippen LogP) is 3.73. The molecule has 0 radical (unpaired) electrons. The molecule has 0 bridgehead atoms. The second kappa shape index (κ2) is 8.45. The maximum Gasteiger partial charge on any atom is 0.339 e. The molecular weight excluding hydrogens is 408 g/mol. The largest absolute Gasteiger partial charge is 0.493 e. The number of ether oxygens (including phenoxy) is 2. The first-order valence-corrected chi connectivity index (χ1v) is 11.5. The summed E-state index contributed by atoms with van der Waals surface area (Å²) in [5.74, 6) is 2.11. The first-order valence-electron chi connectivity index (χ1n) is 7.98. The Morgan fingerprint density at radius 3 is 2.26 bits per heavy atom. The van der Waals surface area contributed by atoms with Crippen molar-refractivity contribution in [2.75, 3.05) is 25.7 Å². The fourth-order valence-corrected chi connectivity index (χ4v) is 6.27. The van der Waals surface area contributed by atoms with Crippen molar-refractivity contribution in [2.24, 2.45) is 0 Å². The van der Waals surface area contributed by atoms with Gasteiger partial charge < -0.3 is 13.7 Å². The third-order valence-corrected chi connectivity index (χ3v) is 8.20. The number of methoxy groups -OCH3 is 2. The van der Waals surface area contributed by atoms with E-state index in [0.29, 0.717) is 10.3 Å². The topological polar surface area (TPSA) is 78.9 Å². The van der Waals surface area contributed by atoms with Crippen molar-refractivity contribution < 1.29 is 26.9 Å². The highest BCUT2D eigenvalue weighted by Crippen LogP contribution is 2.47. The molecule has 0 spiro atoms. The summed E-state index contributed by atoms with van der Waals surface area (Å²) in [5.41, 5.74) is 1.32. The first kappa shape index (κ1) is 19.9. The molecule has 9 heteroatoms. The van der Waals surface area contributed by atoms with Crippen LogP contribution in [-0.2, 0) is 14.9 Å².